The molecule has 0 aromatic carbocycles. The number of nitrogens with zero attached hydrogens (tertiary/aromatic N) is 4. The van der Waals surface area contributed by atoms with Gasteiger partial charge in [-0.25, -0.2) is 9.97 Å². The molecule has 0 saturated heterocycles. The highest BCUT2D eigenvalue weighted by molar-refractivity contribution is 9.10. The highest BCUT2D eigenvalue weighted by Gasteiger charge is 2.11. The molecule has 13 heavy (non-hydrogen) atoms. The Morgan fingerprint density at radius 3 is 2.77 bits per heavy atom. The van der Waals surface area contributed by atoms with E-state index in [-0.39, 0.29) is 0 Å². The highest BCUT2D eigenvalue weighted by atomic mass is 79.9. The normalized spacial score (nSPS) is 10.3. The van der Waals surface area contributed by atoms with Crippen LogP contribution in [-0.2, 0) is 0 Å². The molecule has 0 saturated carbocycles. The van der Waals surface area contributed by atoms with Gasteiger partial charge in [0.1, 0.15) is 12.0 Å². The summed E-state index contributed by atoms with van der Waals surface area (Å²) in [5.41, 5.74) is 0.577. The van der Waals surface area contributed by atoms with Crippen molar-refractivity contribution in [2.24, 2.45) is 0 Å². The van der Waals surface area contributed by atoms with Crippen molar-refractivity contribution >= 4 is 31.9 Å². The van der Waals surface area contributed by atoms with Crippen LogP contribution in [0.15, 0.2) is 26.3 Å². The number of hydrogen-bond donors (Lipinski definition) is 0. The molecule has 0 unspecified atom stereocenters. The second kappa shape index (κ2) is 3.51. The molecular weight excluding hydrogens is 304 g/mol. The van der Waals surface area contributed by atoms with Gasteiger partial charge in [-0.1, -0.05) is 0 Å². The highest BCUT2D eigenvalue weighted by Crippen LogP contribution is 2.23. The van der Waals surface area contributed by atoms with Gasteiger partial charge < -0.3 is 4.52 Å². The Bertz CT molecular complexity index is 430. The van der Waals surface area contributed by atoms with E-state index in [0.717, 1.165) is 0 Å². The average Bonchev–Trinajstić information content (AvgIpc) is 2.53. The molecule has 5 nitrogen and oxygen atoms in total. The summed E-state index contributed by atoms with van der Waals surface area (Å²) in [5.74, 6) is 0.348. The molecule has 0 aliphatic carbocycles. The van der Waals surface area contributed by atoms with Crippen molar-refractivity contribution < 1.29 is 4.52 Å². The van der Waals surface area contributed by atoms with Gasteiger partial charge in [-0.2, -0.15) is 4.98 Å². The molecule has 7 heteroatoms. The second-order valence-electron chi connectivity index (χ2n) is 2.09. The minimum absolute atomic E-state index is 0.348. The van der Waals surface area contributed by atoms with Crippen LogP contribution < -0.4 is 0 Å². The van der Waals surface area contributed by atoms with E-state index in [9.17, 15) is 0 Å². The molecule has 2 aromatic rings. The number of hydrogen-bond acceptors (Lipinski definition) is 5. The molecule has 0 radical (unpaired) electrons. The molecule has 0 spiro atoms. The quantitative estimate of drug-likeness (QED) is 0.807. The molecule has 2 heterocycles. The lowest BCUT2D eigenvalue weighted by Crippen LogP contribution is -1.86. The lowest BCUT2D eigenvalue weighted by molar-refractivity contribution is 0.425. The zero-order valence-corrected chi connectivity index (χ0v) is 9.28. The SMILES string of the molecule is Brc1noc(-c2ncncc2Br)n1. The number of aromatic nitrogens is 4. The fraction of sp³-hybridized carbons (Fsp3) is 0. The summed E-state index contributed by atoms with van der Waals surface area (Å²) in [6, 6.07) is 0. The Hall–Kier alpha value is -0.820. The topological polar surface area (TPSA) is 64.7 Å². The fourth-order valence-corrected chi connectivity index (χ4v) is 1.40. The number of halogens is 2. The summed E-state index contributed by atoms with van der Waals surface area (Å²) in [6.07, 6.45) is 3.03. The lowest BCUT2D eigenvalue weighted by Gasteiger charge is -1.93. The zero-order valence-electron chi connectivity index (χ0n) is 6.11. The third-order valence-corrected chi connectivity index (χ3v) is 2.17. The Balaban J connectivity index is 2.52. The van der Waals surface area contributed by atoms with Crippen LogP contribution in [-0.4, -0.2) is 20.1 Å². The maximum Gasteiger partial charge on any atom is 0.278 e. The Kier molecular flexibility index (Phi) is 2.36. The third kappa shape index (κ3) is 1.75. The zero-order chi connectivity index (χ0) is 9.26. The molecule has 0 aliphatic rings. The van der Waals surface area contributed by atoms with E-state index < -0.39 is 0 Å². The first-order chi connectivity index (χ1) is 6.27. The monoisotopic (exact) mass is 304 g/mol. The van der Waals surface area contributed by atoms with E-state index in [1.54, 1.807) is 6.20 Å². The first kappa shape index (κ1) is 8.76. The van der Waals surface area contributed by atoms with Crippen molar-refractivity contribution in [3.63, 3.8) is 0 Å². The van der Waals surface area contributed by atoms with Gasteiger partial charge in [0.2, 0.25) is 4.73 Å². The number of rotatable bonds is 1. The van der Waals surface area contributed by atoms with Crippen LogP contribution >= 0.6 is 31.9 Å². The van der Waals surface area contributed by atoms with Gasteiger partial charge in [0, 0.05) is 6.20 Å². The molecule has 0 bridgehead atoms. The molecule has 2 rings (SSSR count). The van der Waals surface area contributed by atoms with E-state index in [0.29, 0.717) is 20.8 Å². The predicted molar refractivity (Wildman–Crippen MR) is 50.7 cm³/mol. The summed E-state index contributed by atoms with van der Waals surface area (Å²) in [7, 11) is 0. The fourth-order valence-electron chi connectivity index (χ4n) is 0.772. The molecular formula is C6H2Br2N4O. The second-order valence-corrected chi connectivity index (χ2v) is 3.65. The van der Waals surface area contributed by atoms with Crippen LogP contribution in [0.5, 0.6) is 0 Å². The maximum atomic E-state index is 4.90. The smallest absolute Gasteiger partial charge is 0.278 e. The third-order valence-electron chi connectivity index (χ3n) is 1.27. The molecule has 0 atom stereocenters. The van der Waals surface area contributed by atoms with Crippen LogP contribution in [0.1, 0.15) is 0 Å². The van der Waals surface area contributed by atoms with Crippen LogP contribution in [0.2, 0.25) is 0 Å². The van der Waals surface area contributed by atoms with Crippen LogP contribution in [0, 0.1) is 0 Å². The summed E-state index contributed by atoms with van der Waals surface area (Å²) >= 11 is 6.35. The Morgan fingerprint density at radius 2 is 2.15 bits per heavy atom. The molecule has 0 N–H and O–H groups in total. The van der Waals surface area contributed by atoms with E-state index in [1.165, 1.54) is 6.33 Å². The van der Waals surface area contributed by atoms with Crippen molar-refractivity contribution in [2.45, 2.75) is 0 Å². The van der Waals surface area contributed by atoms with E-state index in [4.69, 9.17) is 4.52 Å². The minimum atomic E-state index is 0.348. The predicted octanol–water partition coefficient (Wildman–Crippen LogP) is 2.05. The van der Waals surface area contributed by atoms with Crippen molar-refractivity contribution in [3.05, 3.63) is 21.7 Å². The van der Waals surface area contributed by atoms with Gasteiger partial charge in [-0.15, -0.1) is 0 Å². The summed E-state index contributed by atoms with van der Waals surface area (Å²) in [6.45, 7) is 0. The molecule has 2 aromatic heterocycles. The first-order valence-electron chi connectivity index (χ1n) is 3.22. The van der Waals surface area contributed by atoms with Gasteiger partial charge in [-0.3, -0.25) is 0 Å². The van der Waals surface area contributed by atoms with Crippen LogP contribution in [0.4, 0.5) is 0 Å². The molecule has 0 fully saturated rings. The van der Waals surface area contributed by atoms with Crippen molar-refractivity contribution in [3.8, 4) is 11.6 Å². The summed E-state index contributed by atoms with van der Waals surface area (Å²) in [5, 5.41) is 3.58. The van der Waals surface area contributed by atoms with Gasteiger partial charge in [0.25, 0.3) is 5.89 Å². The Labute approximate surface area is 89.8 Å². The summed E-state index contributed by atoms with van der Waals surface area (Å²) in [4.78, 5) is 11.8. The van der Waals surface area contributed by atoms with E-state index in [1.807, 2.05) is 0 Å². The van der Waals surface area contributed by atoms with Crippen LogP contribution in [0.3, 0.4) is 0 Å². The van der Waals surface area contributed by atoms with Gasteiger partial charge in [-0.05, 0) is 37.0 Å². The van der Waals surface area contributed by atoms with Gasteiger partial charge >= 0.3 is 0 Å². The first-order valence-corrected chi connectivity index (χ1v) is 4.81. The molecule has 0 aliphatic heterocycles. The molecule has 66 valence electrons. The molecule has 0 amide bonds. The lowest BCUT2D eigenvalue weighted by atomic mass is 10.4. The van der Waals surface area contributed by atoms with Crippen molar-refractivity contribution in [1.82, 2.24) is 20.1 Å². The largest absolute Gasteiger partial charge is 0.331 e. The van der Waals surface area contributed by atoms with Crippen molar-refractivity contribution in [2.75, 3.05) is 0 Å². The van der Waals surface area contributed by atoms with E-state index >= 15 is 0 Å². The van der Waals surface area contributed by atoms with E-state index in [2.05, 4.69) is 52.0 Å². The summed E-state index contributed by atoms with van der Waals surface area (Å²) < 4.78 is 6.01. The van der Waals surface area contributed by atoms with Crippen LogP contribution in [0.25, 0.3) is 11.6 Å². The van der Waals surface area contributed by atoms with Crippen molar-refractivity contribution in [1.29, 1.82) is 0 Å². The standard InChI is InChI=1S/C6H2Br2N4O/c7-3-1-9-2-10-4(3)5-11-6(8)12-13-5/h1-2H. The Morgan fingerprint density at radius 1 is 1.31 bits per heavy atom. The van der Waals surface area contributed by atoms with Gasteiger partial charge in [0.05, 0.1) is 4.47 Å². The average molecular weight is 306 g/mol. The maximum absolute atomic E-state index is 4.90. The van der Waals surface area contributed by atoms with Gasteiger partial charge in [0.15, 0.2) is 0 Å². The minimum Gasteiger partial charge on any atom is -0.331 e.